The number of halogens is 2. The molecule has 2 amide bonds. The molecular weight excluding hydrogens is 612 g/mol. The maximum atomic E-state index is 16.5. The van der Waals surface area contributed by atoms with Crippen molar-refractivity contribution in [1.29, 1.82) is 0 Å². The molecule has 0 bridgehead atoms. The number of alkyl halides is 2. The van der Waals surface area contributed by atoms with E-state index in [1.165, 1.54) is 25.2 Å². The number of benzene rings is 1. The first kappa shape index (κ1) is 35.9. The van der Waals surface area contributed by atoms with Crippen molar-refractivity contribution in [2.24, 2.45) is 0 Å². The van der Waals surface area contributed by atoms with Gasteiger partial charge in [-0.15, -0.1) is 6.58 Å². The van der Waals surface area contributed by atoms with Gasteiger partial charge in [0.1, 0.15) is 29.0 Å². The summed E-state index contributed by atoms with van der Waals surface area (Å²) in [7, 11) is 2.63. The molecule has 1 N–H and O–H groups in total. The number of aromatic nitrogens is 1. The van der Waals surface area contributed by atoms with Gasteiger partial charge in [0.15, 0.2) is 5.75 Å². The van der Waals surface area contributed by atoms with Gasteiger partial charge in [-0.05, 0) is 64.2 Å². The van der Waals surface area contributed by atoms with Crippen molar-refractivity contribution in [3.05, 3.63) is 42.1 Å². The van der Waals surface area contributed by atoms with E-state index in [2.05, 4.69) is 11.9 Å². The molecule has 12 heteroatoms. The van der Waals surface area contributed by atoms with Gasteiger partial charge < -0.3 is 29.2 Å². The Bertz CT molecular complexity index is 1510. The van der Waals surface area contributed by atoms with Gasteiger partial charge in [-0.25, -0.2) is 23.4 Å². The van der Waals surface area contributed by atoms with Crippen LogP contribution in [-0.4, -0.2) is 71.9 Å². The molecule has 10 nitrogen and oxygen atoms in total. The Morgan fingerprint density at radius 2 is 1.91 bits per heavy atom. The molecule has 2 aliphatic rings. The minimum absolute atomic E-state index is 0.0550. The highest BCUT2D eigenvalue weighted by Gasteiger charge is 2.60. The highest BCUT2D eigenvalue weighted by Crippen LogP contribution is 2.55. The van der Waals surface area contributed by atoms with Gasteiger partial charge in [-0.2, -0.15) is 0 Å². The third-order valence-corrected chi connectivity index (χ3v) is 8.50. The Morgan fingerprint density at radius 3 is 2.53 bits per heavy atom. The van der Waals surface area contributed by atoms with E-state index in [1.807, 2.05) is 19.9 Å². The van der Waals surface area contributed by atoms with Crippen molar-refractivity contribution in [1.82, 2.24) is 15.2 Å². The molecule has 1 aromatic carbocycles. The summed E-state index contributed by atoms with van der Waals surface area (Å²) >= 11 is 0. The van der Waals surface area contributed by atoms with Crippen LogP contribution in [0.1, 0.15) is 96.7 Å². The van der Waals surface area contributed by atoms with E-state index in [0.29, 0.717) is 23.4 Å². The van der Waals surface area contributed by atoms with Crippen molar-refractivity contribution in [3.8, 4) is 11.5 Å². The molecule has 0 aliphatic carbocycles. The van der Waals surface area contributed by atoms with Crippen LogP contribution >= 0.6 is 0 Å². The van der Waals surface area contributed by atoms with E-state index in [-0.39, 0.29) is 42.0 Å². The number of esters is 1. The van der Waals surface area contributed by atoms with Crippen LogP contribution in [0.3, 0.4) is 0 Å². The Labute approximate surface area is 275 Å². The van der Waals surface area contributed by atoms with E-state index < -0.39 is 53.6 Å². The van der Waals surface area contributed by atoms with Crippen molar-refractivity contribution in [3.63, 3.8) is 0 Å². The highest BCUT2D eigenvalue weighted by molar-refractivity contribution is 5.91. The fourth-order valence-corrected chi connectivity index (χ4v) is 6.42. The lowest BCUT2D eigenvalue weighted by Crippen LogP contribution is -2.54. The molecule has 0 radical (unpaired) electrons. The number of rotatable bonds is 11. The molecule has 3 unspecified atom stereocenters. The number of hydrogen-bond donors (Lipinski definition) is 1. The van der Waals surface area contributed by atoms with Gasteiger partial charge in [0.05, 0.1) is 44.0 Å². The average Bonchev–Trinajstić information content (AvgIpc) is 3.34. The smallest absolute Gasteiger partial charge is 0.408 e. The van der Waals surface area contributed by atoms with Crippen molar-refractivity contribution in [2.75, 3.05) is 20.8 Å². The minimum atomic E-state index is -3.41. The fraction of sp³-hybridized carbons (Fsp3) is 0.600. The van der Waals surface area contributed by atoms with Crippen LogP contribution in [0.15, 0.2) is 30.9 Å². The summed E-state index contributed by atoms with van der Waals surface area (Å²) in [4.78, 5) is 46.1. The standard InChI is InChI=1S/C35H47F2N3O7/c1-9-10-11-12-13-14-25(39-32(43)47-33(4,5)6)30(41)40-20-34(18-26(40)31(42)45-8)19-35(36,37)27-23-17-22(44-7)15-16-24(23)38-28(21(2)3)29(27)46-34/h9,15-17,21,25-26H,1,10-14,18-20H2,2-8H3,(H,39,43). The second-order valence-corrected chi connectivity index (χ2v) is 13.7. The monoisotopic (exact) mass is 659 g/mol. The molecule has 0 saturated carbocycles. The number of unbranched alkanes of at least 4 members (excludes halogenated alkanes) is 3. The number of likely N-dealkylation sites (tertiary alicyclic amines) is 1. The first-order chi connectivity index (χ1) is 22.0. The van der Waals surface area contributed by atoms with Crippen LogP contribution in [0.2, 0.25) is 0 Å². The molecule has 4 rings (SSSR count). The molecule has 3 atom stereocenters. The largest absolute Gasteiger partial charge is 0.497 e. The second-order valence-electron chi connectivity index (χ2n) is 13.7. The van der Waals surface area contributed by atoms with Gasteiger partial charge in [-0.1, -0.05) is 32.8 Å². The van der Waals surface area contributed by atoms with Crippen molar-refractivity contribution < 1.29 is 42.1 Å². The molecule has 2 aromatic rings. The third-order valence-electron chi connectivity index (χ3n) is 8.50. The van der Waals surface area contributed by atoms with Crippen LogP contribution in [0.4, 0.5) is 13.6 Å². The molecule has 1 saturated heterocycles. The molecule has 47 heavy (non-hydrogen) atoms. The van der Waals surface area contributed by atoms with Crippen LogP contribution < -0.4 is 14.8 Å². The zero-order chi connectivity index (χ0) is 34.7. The normalized spacial score (nSPS) is 20.8. The van der Waals surface area contributed by atoms with Gasteiger partial charge in [-0.3, -0.25) is 4.79 Å². The summed E-state index contributed by atoms with van der Waals surface area (Å²) in [6.07, 6.45) is 3.26. The Kier molecular flexibility index (Phi) is 10.7. The number of nitrogens with one attached hydrogen (secondary N) is 1. The van der Waals surface area contributed by atoms with Crippen molar-refractivity contribution >= 4 is 28.9 Å². The molecule has 1 fully saturated rings. The first-order valence-electron chi connectivity index (χ1n) is 16.1. The number of pyridine rings is 1. The number of fused-ring (bicyclic) bond motifs is 3. The second kappa shape index (κ2) is 14.0. The molecule has 1 spiro atoms. The summed E-state index contributed by atoms with van der Waals surface area (Å²) in [6.45, 7) is 12.2. The van der Waals surface area contributed by atoms with Crippen LogP contribution in [0.25, 0.3) is 10.9 Å². The zero-order valence-electron chi connectivity index (χ0n) is 28.4. The van der Waals surface area contributed by atoms with Gasteiger partial charge in [0, 0.05) is 11.8 Å². The number of allylic oxidation sites excluding steroid dienone is 1. The highest BCUT2D eigenvalue weighted by atomic mass is 19.3. The van der Waals surface area contributed by atoms with Crippen LogP contribution in [-0.2, 0) is 25.0 Å². The Morgan fingerprint density at radius 1 is 1.19 bits per heavy atom. The number of hydrogen-bond acceptors (Lipinski definition) is 8. The minimum Gasteiger partial charge on any atom is -0.497 e. The summed E-state index contributed by atoms with van der Waals surface area (Å²) in [5.74, 6) is -4.72. The molecular formula is C35H47F2N3O7. The van der Waals surface area contributed by atoms with Crippen molar-refractivity contribution in [2.45, 2.75) is 115 Å². The van der Waals surface area contributed by atoms with Gasteiger partial charge >= 0.3 is 12.1 Å². The summed E-state index contributed by atoms with van der Waals surface area (Å²) in [5, 5.41) is 2.87. The molecule has 258 valence electrons. The van der Waals surface area contributed by atoms with E-state index in [9.17, 15) is 14.4 Å². The lowest BCUT2D eigenvalue weighted by molar-refractivity contribution is -0.151. The lowest BCUT2D eigenvalue weighted by atomic mass is 9.83. The molecule has 1 aromatic heterocycles. The number of methoxy groups -OCH3 is 2. The number of nitrogens with zero attached hydrogens (tertiary/aromatic N) is 2. The number of alkyl carbamates (subject to hydrolysis) is 1. The number of amides is 2. The Hall–Kier alpha value is -3.96. The maximum absolute atomic E-state index is 16.5. The van der Waals surface area contributed by atoms with E-state index in [0.717, 1.165) is 19.3 Å². The van der Waals surface area contributed by atoms with E-state index in [4.69, 9.17) is 23.9 Å². The number of carbonyl (C=O) groups is 3. The lowest BCUT2D eigenvalue weighted by Gasteiger charge is -2.41. The van der Waals surface area contributed by atoms with Crippen LogP contribution in [0, 0.1) is 0 Å². The third kappa shape index (κ3) is 7.96. The van der Waals surface area contributed by atoms with E-state index >= 15 is 8.78 Å². The predicted molar refractivity (Wildman–Crippen MR) is 173 cm³/mol. The van der Waals surface area contributed by atoms with E-state index in [1.54, 1.807) is 32.9 Å². The summed E-state index contributed by atoms with van der Waals surface area (Å²) in [5.41, 5.74) is -2.02. The average molecular weight is 660 g/mol. The fourth-order valence-electron chi connectivity index (χ4n) is 6.42. The van der Waals surface area contributed by atoms with Gasteiger partial charge in [0.2, 0.25) is 5.91 Å². The molecule has 2 aliphatic heterocycles. The summed E-state index contributed by atoms with van der Waals surface area (Å²) in [6, 6.07) is 2.53. The van der Waals surface area contributed by atoms with Crippen LogP contribution in [0.5, 0.6) is 11.5 Å². The zero-order valence-corrected chi connectivity index (χ0v) is 28.4. The number of carbonyl (C=O) groups excluding carboxylic acids is 3. The Balaban J connectivity index is 1.74. The summed E-state index contributed by atoms with van der Waals surface area (Å²) < 4.78 is 55.4. The number of ether oxygens (including phenoxy) is 4. The van der Waals surface area contributed by atoms with Gasteiger partial charge in [0.25, 0.3) is 5.92 Å². The molecule has 3 heterocycles. The predicted octanol–water partition coefficient (Wildman–Crippen LogP) is 6.78. The first-order valence-corrected chi connectivity index (χ1v) is 16.1. The SMILES string of the molecule is C=CCCCCCC(NC(=O)OC(C)(C)C)C(=O)N1CC2(CC1C(=O)OC)CC(F)(F)c1c(c(C(C)C)nc3ccc(OC)cc13)O2. The maximum Gasteiger partial charge on any atom is 0.408 e. The topological polar surface area (TPSA) is 116 Å². The quantitative estimate of drug-likeness (QED) is 0.159.